The highest BCUT2D eigenvalue weighted by Gasteiger charge is 2.28. The molecule has 0 unspecified atom stereocenters. The Kier molecular flexibility index (Phi) is 5.95. The normalized spacial score (nSPS) is 11.2. The lowest BCUT2D eigenvalue weighted by Gasteiger charge is -2.35. The lowest BCUT2D eigenvalue weighted by molar-refractivity contribution is -0.138. The molecular formula is C19H25N3O2S. The first kappa shape index (κ1) is 19.1. The van der Waals surface area contributed by atoms with Gasteiger partial charge in [0.15, 0.2) is 5.13 Å². The van der Waals surface area contributed by atoms with E-state index in [0.29, 0.717) is 5.13 Å². The van der Waals surface area contributed by atoms with Crippen molar-refractivity contribution >= 4 is 28.3 Å². The molecule has 1 heterocycles. The Balaban J connectivity index is 2.06. The lowest BCUT2D eigenvalue weighted by atomic mass is 10.0. The van der Waals surface area contributed by atoms with Crippen molar-refractivity contribution in [3.63, 3.8) is 0 Å². The summed E-state index contributed by atoms with van der Waals surface area (Å²) in [6.45, 7) is 9.68. The monoisotopic (exact) mass is 359 g/mol. The highest BCUT2D eigenvalue weighted by molar-refractivity contribution is 7.15. The number of rotatable bonds is 5. The molecule has 5 nitrogen and oxygen atoms in total. The van der Waals surface area contributed by atoms with Crippen LogP contribution in [0.25, 0.3) is 0 Å². The Labute approximate surface area is 153 Å². The second-order valence-electron chi connectivity index (χ2n) is 7.02. The van der Waals surface area contributed by atoms with Crippen LogP contribution in [0.3, 0.4) is 0 Å². The zero-order valence-corrected chi connectivity index (χ0v) is 16.2. The average Bonchev–Trinajstić information content (AvgIpc) is 2.82. The molecule has 25 heavy (non-hydrogen) atoms. The van der Waals surface area contributed by atoms with Crippen molar-refractivity contribution in [1.82, 2.24) is 9.88 Å². The third-order valence-corrected chi connectivity index (χ3v) is 4.87. The third kappa shape index (κ3) is 5.39. The summed E-state index contributed by atoms with van der Waals surface area (Å²) in [4.78, 5) is 32.1. The summed E-state index contributed by atoms with van der Waals surface area (Å²) in [6, 6.07) is 9.56. The SMILES string of the molecule is Cc1nc(NC(=O)CN(C(=O)Cc2ccccc2)C(C)(C)C)sc1C. The van der Waals surface area contributed by atoms with Gasteiger partial charge in [-0.05, 0) is 40.2 Å². The van der Waals surface area contributed by atoms with Crippen LogP contribution in [0.1, 0.15) is 36.9 Å². The van der Waals surface area contributed by atoms with E-state index in [2.05, 4.69) is 10.3 Å². The minimum Gasteiger partial charge on any atom is -0.328 e. The number of aryl methyl sites for hydroxylation is 2. The van der Waals surface area contributed by atoms with Gasteiger partial charge in [0.1, 0.15) is 6.54 Å². The smallest absolute Gasteiger partial charge is 0.245 e. The molecule has 1 aromatic heterocycles. The number of anilines is 1. The fourth-order valence-corrected chi connectivity index (χ4v) is 3.22. The van der Waals surface area contributed by atoms with E-state index in [1.807, 2.05) is 65.0 Å². The molecule has 2 aromatic rings. The van der Waals surface area contributed by atoms with Gasteiger partial charge in [-0.1, -0.05) is 30.3 Å². The maximum Gasteiger partial charge on any atom is 0.245 e. The highest BCUT2D eigenvalue weighted by atomic mass is 32.1. The number of nitrogens with one attached hydrogen (secondary N) is 1. The Hall–Kier alpha value is -2.21. The van der Waals surface area contributed by atoms with E-state index in [1.54, 1.807) is 4.90 Å². The molecule has 1 N–H and O–H groups in total. The van der Waals surface area contributed by atoms with E-state index in [4.69, 9.17) is 0 Å². The van der Waals surface area contributed by atoms with Crippen molar-refractivity contribution in [2.75, 3.05) is 11.9 Å². The zero-order chi connectivity index (χ0) is 18.6. The number of hydrogen-bond donors (Lipinski definition) is 1. The van der Waals surface area contributed by atoms with Crippen LogP contribution >= 0.6 is 11.3 Å². The van der Waals surface area contributed by atoms with Crippen LogP contribution in [0, 0.1) is 13.8 Å². The zero-order valence-electron chi connectivity index (χ0n) is 15.4. The van der Waals surface area contributed by atoms with Crippen LogP contribution in [0.4, 0.5) is 5.13 Å². The Morgan fingerprint density at radius 3 is 2.32 bits per heavy atom. The van der Waals surface area contributed by atoms with E-state index in [9.17, 15) is 9.59 Å². The van der Waals surface area contributed by atoms with Gasteiger partial charge in [-0.3, -0.25) is 9.59 Å². The van der Waals surface area contributed by atoms with Crippen molar-refractivity contribution in [3.05, 3.63) is 46.5 Å². The molecule has 0 aliphatic carbocycles. The number of carbonyl (C=O) groups is 2. The van der Waals surface area contributed by atoms with Gasteiger partial charge in [-0.25, -0.2) is 4.98 Å². The van der Waals surface area contributed by atoms with Gasteiger partial charge in [-0.15, -0.1) is 11.3 Å². The van der Waals surface area contributed by atoms with Gasteiger partial charge < -0.3 is 10.2 Å². The maximum atomic E-state index is 12.7. The molecule has 0 saturated heterocycles. The van der Waals surface area contributed by atoms with Gasteiger partial charge in [0.05, 0.1) is 12.1 Å². The first-order chi connectivity index (χ1) is 11.7. The van der Waals surface area contributed by atoms with E-state index < -0.39 is 5.54 Å². The van der Waals surface area contributed by atoms with Gasteiger partial charge in [0.2, 0.25) is 11.8 Å². The highest BCUT2D eigenvalue weighted by Crippen LogP contribution is 2.21. The van der Waals surface area contributed by atoms with Crippen LogP contribution in [0.15, 0.2) is 30.3 Å². The topological polar surface area (TPSA) is 62.3 Å². The van der Waals surface area contributed by atoms with Gasteiger partial charge in [-0.2, -0.15) is 0 Å². The molecule has 0 spiro atoms. The summed E-state index contributed by atoms with van der Waals surface area (Å²) in [6.07, 6.45) is 0.279. The van der Waals surface area contributed by atoms with Crippen molar-refractivity contribution in [2.24, 2.45) is 0 Å². The quantitative estimate of drug-likeness (QED) is 0.888. The minimum atomic E-state index is -0.447. The first-order valence-electron chi connectivity index (χ1n) is 8.25. The molecule has 0 radical (unpaired) electrons. The largest absolute Gasteiger partial charge is 0.328 e. The molecule has 0 aliphatic heterocycles. The Bertz CT molecular complexity index is 728. The summed E-state index contributed by atoms with van der Waals surface area (Å²) in [5.41, 5.74) is 1.40. The van der Waals surface area contributed by atoms with Crippen molar-refractivity contribution in [3.8, 4) is 0 Å². The molecule has 0 bridgehead atoms. The number of aromatic nitrogens is 1. The molecule has 1 aromatic carbocycles. The number of amides is 2. The van der Waals surface area contributed by atoms with Crippen LogP contribution in [0.2, 0.25) is 0 Å². The van der Waals surface area contributed by atoms with Crippen molar-refractivity contribution in [2.45, 2.75) is 46.6 Å². The summed E-state index contributed by atoms with van der Waals surface area (Å²) in [5, 5.41) is 3.37. The van der Waals surface area contributed by atoms with Crippen LogP contribution in [0.5, 0.6) is 0 Å². The molecule has 0 saturated carbocycles. The molecule has 2 amide bonds. The second-order valence-corrected chi connectivity index (χ2v) is 8.23. The Morgan fingerprint density at radius 1 is 1.16 bits per heavy atom. The van der Waals surface area contributed by atoms with E-state index in [0.717, 1.165) is 16.1 Å². The number of benzene rings is 1. The number of thiazole rings is 1. The minimum absolute atomic E-state index is 0.00679. The second kappa shape index (κ2) is 7.78. The molecule has 0 atom stereocenters. The average molecular weight is 359 g/mol. The molecule has 6 heteroatoms. The molecule has 0 fully saturated rings. The summed E-state index contributed by atoms with van der Waals surface area (Å²) in [7, 11) is 0. The fourth-order valence-electron chi connectivity index (χ4n) is 2.39. The van der Waals surface area contributed by atoms with Gasteiger partial charge >= 0.3 is 0 Å². The third-order valence-electron chi connectivity index (χ3n) is 3.89. The molecular weight excluding hydrogens is 334 g/mol. The summed E-state index contributed by atoms with van der Waals surface area (Å²) in [5.74, 6) is -0.301. The molecule has 2 rings (SSSR count). The first-order valence-corrected chi connectivity index (χ1v) is 9.06. The van der Waals surface area contributed by atoms with Crippen molar-refractivity contribution < 1.29 is 9.59 Å². The van der Waals surface area contributed by atoms with E-state index in [-0.39, 0.29) is 24.8 Å². The van der Waals surface area contributed by atoms with Crippen LogP contribution < -0.4 is 5.32 Å². The predicted molar refractivity (Wildman–Crippen MR) is 102 cm³/mol. The number of hydrogen-bond acceptors (Lipinski definition) is 4. The maximum absolute atomic E-state index is 12.7. The standard InChI is InChI=1S/C19H25N3O2S/c1-13-14(2)25-18(20-13)21-16(23)12-22(19(3,4)5)17(24)11-15-9-7-6-8-10-15/h6-10H,11-12H2,1-5H3,(H,20,21,23). The van der Waals surface area contributed by atoms with Gasteiger partial charge in [0.25, 0.3) is 0 Å². The summed E-state index contributed by atoms with van der Waals surface area (Å²) >= 11 is 1.44. The molecule has 0 aliphatic rings. The van der Waals surface area contributed by atoms with Crippen LogP contribution in [-0.4, -0.2) is 33.8 Å². The van der Waals surface area contributed by atoms with Crippen LogP contribution in [-0.2, 0) is 16.0 Å². The van der Waals surface area contributed by atoms with Crippen molar-refractivity contribution in [1.29, 1.82) is 0 Å². The number of carbonyl (C=O) groups excluding carboxylic acids is 2. The van der Waals surface area contributed by atoms with E-state index in [1.165, 1.54) is 11.3 Å². The Morgan fingerprint density at radius 2 is 1.80 bits per heavy atom. The lowest BCUT2D eigenvalue weighted by Crippen LogP contribution is -2.49. The number of nitrogens with zero attached hydrogens (tertiary/aromatic N) is 2. The van der Waals surface area contributed by atoms with E-state index >= 15 is 0 Å². The molecule has 134 valence electrons. The predicted octanol–water partition coefficient (Wildman–Crippen LogP) is 3.57. The fraction of sp³-hybridized carbons (Fsp3) is 0.421. The van der Waals surface area contributed by atoms with Gasteiger partial charge in [0, 0.05) is 10.4 Å². The summed E-state index contributed by atoms with van der Waals surface area (Å²) < 4.78 is 0.